The van der Waals surface area contributed by atoms with E-state index in [4.69, 9.17) is 4.74 Å². The van der Waals surface area contributed by atoms with Gasteiger partial charge in [-0.05, 0) is 12.8 Å². The number of nitrogens with zero attached hydrogens (tertiary/aromatic N) is 4. The lowest BCUT2D eigenvalue weighted by molar-refractivity contribution is -0.0529. The standard InChI is InChI=1S/C14H22N4O3S/c1-22(19,20)18-6-2-12(3-7-18)17-8-9-21-14(11-17)13-10-15-4-5-16-13/h4-5,10,12,14H,2-3,6-9,11H2,1H3/t14-/m1/s1. The summed E-state index contributed by atoms with van der Waals surface area (Å²) < 4.78 is 30.6. The SMILES string of the molecule is CS(=O)(=O)N1CCC(N2CCO[C@@H](c3cnccn3)C2)CC1. The third-order valence-corrected chi connectivity index (χ3v) is 5.72. The molecular formula is C14H22N4O3S. The van der Waals surface area contributed by atoms with Crippen molar-refractivity contribution in [2.75, 3.05) is 39.0 Å². The Balaban J connectivity index is 1.59. The van der Waals surface area contributed by atoms with Crippen LogP contribution in [-0.4, -0.2) is 72.7 Å². The number of ether oxygens (including phenoxy) is 1. The van der Waals surface area contributed by atoms with Crippen LogP contribution in [0.4, 0.5) is 0 Å². The number of rotatable bonds is 3. The number of morpholine rings is 1. The summed E-state index contributed by atoms with van der Waals surface area (Å²) >= 11 is 0. The zero-order valence-corrected chi connectivity index (χ0v) is 13.6. The van der Waals surface area contributed by atoms with Gasteiger partial charge >= 0.3 is 0 Å². The van der Waals surface area contributed by atoms with Crippen LogP contribution in [0.2, 0.25) is 0 Å². The van der Waals surface area contributed by atoms with Crippen molar-refractivity contribution in [3.05, 3.63) is 24.3 Å². The topological polar surface area (TPSA) is 75.6 Å². The minimum absolute atomic E-state index is 0.0459. The molecule has 2 saturated heterocycles. The quantitative estimate of drug-likeness (QED) is 0.794. The van der Waals surface area contributed by atoms with Gasteiger partial charge in [-0.2, -0.15) is 0 Å². The zero-order chi connectivity index (χ0) is 15.6. The van der Waals surface area contributed by atoms with Crippen LogP contribution in [-0.2, 0) is 14.8 Å². The van der Waals surface area contributed by atoms with E-state index in [0.29, 0.717) is 25.7 Å². The van der Waals surface area contributed by atoms with Gasteiger partial charge in [-0.25, -0.2) is 12.7 Å². The highest BCUT2D eigenvalue weighted by Gasteiger charge is 2.32. The third-order valence-electron chi connectivity index (χ3n) is 4.42. The van der Waals surface area contributed by atoms with Gasteiger partial charge < -0.3 is 4.74 Å². The Labute approximate surface area is 131 Å². The summed E-state index contributed by atoms with van der Waals surface area (Å²) in [5, 5.41) is 0. The second kappa shape index (κ2) is 6.57. The average molecular weight is 326 g/mol. The Hall–Kier alpha value is -1.09. The minimum atomic E-state index is -3.06. The van der Waals surface area contributed by atoms with E-state index < -0.39 is 10.0 Å². The second-order valence-electron chi connectivity index (χ2n) is 5.88. The Morgan fingerprint density at radius 3 is 2.64 bits per heavy atom. The van der Waals surface area contributed by atoms with Crippen LogP contribution in [0.15, 0.2) is 18.6 Å². The molecule has 2 aliphatic rings. The molecule has 0 bridgehead atoms. The first-order valence-electron chi connectivity index (χ1n) is 7.61. The predicted octanol–water partition coefficient (Wildman–Crippen LogP) is 0.274. The fourth-order valence-corrected chi connectivity index (χ4v) is 4.07. The first-order valence-corrected chi connectivity index (χ1v) is 9.45. The number of piperidine rings is 1. The summed E-state index contributed by atoms with van der Waals surface area (Å²) in [4.78, 5) is 10.8. The molecule has 0 radical (unpaired) electrons. The van der Waals surface area contributed by atoms with Crippen LogP contribution in [0.25, 0.3) is 0 Å². The molecule has 1 aromatic heterocycles. The average Bonchev–Trinajstić information content (AvgIpc) is 2.55. The van der Waals surface area contributed by atoms with Gasteiger partial charge in [-0.3, -0.25) is 14.9 Å². The van der Waals surface area contributed by atoms with Crippen molar-refractivity contribution >= 4 is 10.0 Å². The molecule has 1 aromatic rings. The van der Waals surface area contributed by atoms with Crippen molar-refractivity contribution in [2.45, 2.75) is 25.0 Å². The lowest BCUT2D eigenvalue weighted by atomic mass is 10.0. The molecule has 0 aliphatic carbocycles. The molecule has 0 spiro atoms. The van der Waals surface area contributed by atoms with Crippen LogP contribution in [0, 0.1) is 0 Å². The minimum Gasteiger partial charge on any atom is -0.369 e. The van der Waals surface area contributed by atoms with Crippen LogP contribution in [0.3, 0.4) is 0 Å². The largest absolute Gasteiger partial charge is 0.369 e. The van der Waals surface area contributed by atoms with Gasteiger partial charge in [0, 0.05) is 44.6 Å². The van der Waals surface area contributed by atoms with Crippen LogP contribution >= 0.6 is 0 Å². The van der Waals surface area contributed by atoms with E-state index in [0.717, 1.165) is 31.6 Å². The number of sulfonamides is 1. The van der Waals surface area contributed by atoms with E-state index in [1.54, 1.807) is 22.9 Å². The molecule has 0 amide bonds. The van der Waals surface area contributed by atoms with Gasteiger partial charge in [0.25, 0.3) is 0 Å². The van der Waals surface area contributed by atoms with E-state index >= 15 is 0 Å². The highest BCUT2D eigenvalue weighted by molar-refractivity contribution is 7.88. The normalized spacial score (nSPS) is 26.1. The molecule has 2 fully saturated rings. The van der Waals surface area contributed by atoms with Crippen molar-refractivity contribution in [1.29, 1.82) is 0 Å². The monoisotopic (exact) mass is 326 g/mol. The smallest absolute Gasteiger partial charge is 0.211 e. The molecule has 3 rings (SSSR count). The lowest BCUT2D eigenvalue weighted by Gasteiger charge is -2.41. The molecule has 3 heterocycles. The number of hydrogen-bond donors (Lipinski definition) is 0. The van der Waals surface area contributed by atoms with Crippen molar-refractivity contribution in [3.63, 3.8) is 0 Å². The maximum Gasteiger partial charge on any atom is 0.211 e. The molecule has 0 unspecified atom stereocenters. The van der Waals surface area contributed by atoms with E-state index in [1.807, 2.05) is 0 Å². The molecule has 7 nitrogen and oxygen atoms in total. The molecular weight excluding hydrogens is 304 g/mol. The Kier molecular flexibility index (Phi) is 4.72. The molecule has 122 valence electrons. The lowest BCUT2D eigenvalue weighted by Crippen LogP contribution is -2.50. The van der Waals surface area contributed by atoms with E-state index in [2.05, 4.69) is 14.9 Å². The van der Waals surface area contributed by atoms with Crippen molar-refractivity contribution in [2.24, 2.45) is 0 Å². The van der Waals surface area contributed by atoms with Crippen molar-refractivity contribution in [1.82, 2.24) is 19.2 Å². The second-order valence-corrected chi connectivity index (χ2v) is 7.86. The summed E-state index contributed by atoms with van der Waals surface area (Å²) in [5.41, 5.74) is 0.862. The fraction of sp³-hybridized carbons (Fsp3) is 0.714. The van der Waals surface area contributed by atoms with Crippen LogP contribution < -0.4 is 0 Å². The molecule has 8 heteroatoms. The van der Waals surface area contributed by atoms with Crippen LogP contribution in [0.1, 0.15) is 24.6 Å². The maximum atomic E-state index is 11.6. The maximum absolute atomic E-state index is 11.6. The van der Waals surface area contributed by atoms with Gasteiger partial charge in [0.15, 0.2) is 0 Å². The molecule has 22 heavy (non-hydrogen) atoms. The Morgan fingerprint density at radius 2 is 2.00 bits per heavy atom. The first kappa shape index (κ1) is 15.8. The molecule has 2 aliphatic heterocycles. The molecule has 0 aromatic carbocycles. The Morgan fingerprint density at radius 1 is 1.23 bits per heavy atom. The summed E-state index contributed by atoms with van der Waals surface area (Å²) in [7, 11) is -3.06. The van der Waals surface area contributed by atoms with Crippen LogP contribution in [0.5, 0.6) is 0 Å². The predicted molar refractivity (Wildman–Crippen MR) is 81.7 cm³/mol. The van der Waals surface area contributed by atoms with E-state index in [9.17, 15) is 8.42 Å². The first-order chi connectivity index (χ1) is 10.5. The Bertz CT molecular complexity index is 587. The highest BCUT2D eigenvalue weighted by Crippen LogP contribution is 2.25. The fourth-order valence-electron chi connectivity index (χ4n) is 3.20. The highest BCUT2D eigenvalue weighted by atomic mass is 32.2. The van der Waals surface area contributed by atoms with Crippen molar-refractivity contribution < 1.29 is 13.2 Å². The molecule has 1 atom stereocenters. The van der Waals surface area contributed by atoms with E-state index in [-0.39, 0.29) is 6.10 Å². The van der Waals surface area contributed by atoms with Gasteiger partial charge in [-0.1, -0.05) is 0 Å². The summed E-state index contributed by atoms with van der Waals surface area (Å²) in [6.45, 7) is 3.57. The van der Waals surface area contributed by atoms with Gasteiger partial charge in [0.05, 0.1) is 24.8 Å². The summed E-state index contributed by atoms with van der Waals surface area (Å²) in [5.74, 6) is 0. The van der Waals surface area contributed by atoms with Gasteiger partial charge in [-0.15, -0.1) is 0 Å². The zero-order valence-electron chi connectivity index (χ0n) is 12.8. The summed E-state index contributed by atoms with van der Waals surface area (Å²) in [6, 6.07) is 0.418. The number of hydrogen-bond acceptors (Lipinski definition) is 6. The third kappa shape index (κ3) is 3.62. The van der Waals surface area contributed by atoms with Gasteiger partial charge in [0.1, 0.15) is 6.10 Å². The summed E-state index contributed by atoms with van der Waals surface area (Å²) in [6.07, 6.45) is 8.08. The van der Waals surface area contributed by atoms with Crippen molar-refractivity contribution in [3.8, 4) is 0 Å². The van der Waals surface area contributed by atoms with Gasteiger partial charge in [0.2, 0.25) is 10.0 Å². The molecule has 0 N–H and O–H groups in total. The molecule has 0 saturated carbocycles. The number of aromatic nitrogens is 2. The van der Waals surface area contributed by atoms with E-state index in [1.165, 1.54) is 6.26 Å².